The molecule has 0 amide bonds. The van der Waals surface area contributed by atoms with Crippen LogP contribution in [-0.2, 0) is 0 Å². The van der Waals surface area contributed by atoms with Crippen LogP contribution in [0.15, 0.2) is 4.99 Å². The number of aryl methyl sites for hydroxylation is 1. The summed E-state index contributed by atoms with van der Waals surface area (Å²) >= 11 is 0. The highest BCUT2D eigenvalue weighted by molar-refractivity contribution is 5.82. The van der Waals surface area contributed by atoms with Crippen LogP contribution in [0.4, 0.5) is 0 Å². The van der Waals surface area contributed by atoms with Crippen LogP contribution >= 0.6 is 0 Å². The molecule has 0 spiro atoms. The molecule has 1 aromatic heterocycles. The van der Waals surface area contributed by atoms with E-state index in [-0.39, 0.29) is 12.6 Å². The van der Waals surface area contributed by atoms with Crippen molar-refractivity contribution in [2.75, 3.05) is 6.61 Å². The third-order valence-corrected chi connectivity index (χ3v) is 2.97. The molecule has 1 heterocycles. The molecule has 1 N–H and O–H groups in total. The Balaban J connectivity index is 2.99. The standard InChI is InChI=1S/C13H23N3O/c1-6-12(8-17)14-7-13-10(4)15-16(9(2)3)11(13)5/h7,9,12,17H,6,8H2,1-5H3. The van der Waals surface area contributed by atoms with Gasteiger partial charge in [-0.3, -0.25) is 9.67 Å². The maximum Gasteiger partial charge on any atom is 0.0727 e. The van der Waals surface area contributed by atoms with Gasteiger partial charge in [0, 0.05) is 23.5 Å². The first-order chi connectivity index (χ1) is 8.01. The summed E-state index contributed by atoms with van der Waals surface area (Å²) in [6.45, 7) is 10.4. The van der Waals surface area contributed by atoms with Gasteiger partial charge in [0.2, 0.25) is 0 Å². The minimum absolute atomic E-state index is 0.00352. The highest BCUT2D eigenvalue weighted by atomic mass is 16.3. The second kappa shape index (κ2) is 5.96. The van der Waals surface area contributed by atoms with Crippen LogP contribution in [0.3, 0.4) is 0 Å². The SMILES string of the molecule is CCC(CO)N=Cc1c(C)nn(C(C)C)c1C. The molecule has 17 heavy (non-hydrogen) atoms. The molecule has 0 aliphatic rings. The van der Waals surface area contributed by atoms with E-state index in [4.69, 9.17) is 5.11 Å². The fraction of sp³-hybridized carbons (Fsp3) is 0.692. The highest BCUT2D eigenvalue weighted by Gasteiger charge is 2.12. The zero-order valence-corrected chi connectivity index (χ0v) is 11.4. The van der Waals surface area contributed by atoms with Crippen molar-refractivity contribution in [2.45, 2.75) is 53.1 Å². The first-order valence-electron chi connectivity index (χ1n) is 6.21. The Kier molecular flexibility index (Phi) is 4.87. The minimum atomic E-state index is -0.00352. The van der Waals surface area contributed by atoms with Crippen molar-refractivity contribution in [3.8, 4) is 0 Å². The molecule has 1 aromatic rings. The van der Waals surface area contributed by atoms with Gasteiger partial charge in [-0.05, 0) is 34.1 Å². The third-order valence-electron chi connectivity index (χ3n) is 2.97. The zero-order chi connectivity index (χ0) is 13.0. The quantitative estimate of drug-likeness (QED) is 0.799. The van der Waals surface area contributed by atoms with E-state index in [0.29, 0.717) is 6.04 Å². The second-order valence-electron chi connectivity index (χ2n) is 4.65. The summed E-state index contributed by atoms with van der Waals surface area (Å²) < 4.78 is 2.01. The summed E-state index contributed by atoms with van der Waals surface area (Å²) in [6.07, 6.45) is 2.70. The minimum Gasteiger partial charge on any atom is -0.394 e. The van der Waals surface area contributed by atoms with Crippen molar-refractivity contribution >= 4 is 6.21 Å². The van der Waals surface area contributed by atoms with Crippen LogP contribution < -0.4 is 0 Å². The Morgan fingerprint density at radius 1 is 1.41 bits per heavy atom. The average molecular weight is 237 g/mol. The van der Waals surface area contributed by atoms with Gasteiger partial charge in [-0.1, -0.05) is 6.92 Å². The normalized spacial score (nSPS) is 13.8. The van der Waals surface area contributed by atoms with E-state index in [1.807, 2.05) is 24.7 Å². The highest BCUT2D eigenvalue weighted by Crippen LogP contribution is 2.15. The van der Waals surface area contributed by atoms with Gasteiger partial charge in [0.1, 0.15) is 0 Å². The van der Waals surface area contributed by atoms with E-state index in [1.54, 1.807) is 0 Å². The average Bonchev–Trinajstić information content (AvgIpc) is 2.57. The van der Waals surface area contributed by atoms with Crippen LogP contribution in [0.1, 0.15) is 50.2 Å². The van der Waals surface area contributed by atoms with Crippen molar-refractivity contribution < 1.29 is 5.11 Å². The predicted molar refractivity (Wildman–Crippen MR) is 70.8 cm³/mol. The van der Waals surface area contributed by atoms with Gasteiger partial charge in [0.25, 0.3) is 0 Å². The number of rotatable bonds is 5. The number of aliphatic imine (C=N–C) groups is 1. The van der Waals surface area contributed by atoms with E-state index < -0.39 is 0 Å². The van der Waals surface area contributed by atoms with Crippen LogP contribution in [0.25, 0.3) is 0 Å². The lowest BCUT2D eigenvalue weighted by molar-refractivity contribution is 0.264. The first kappa shape index (κ1) is 13.9. The van der Waals surface area contributed by atoms with E-state index >= 15 is 0 Å². The van der Waals surface area contributed by atoms with Crippen molar-refractivity contribution in [2.24, 2.45) is 4.99 Å². The van der Waals surface area contributed by atoms with Crippen LogP contribution in [0.5, 0.6) is 0 Å². The van der Waals surface area contributed by atoms with E-state index in [9.17, 15) is 0 Å². The maximum atomic E-state index is 9.10. The predicted octanol–water partition coefficient (Wildman–Crippen LogP) is 2.27. The van der Waals surface area contributed by atoms with Gasteiger partial charge in [-0.2, -0.15) is 5.10 Å². The number of hydrogen-bond acceptors (Lipinski definition) is 3. The summed E-state index contributed by atoms with van der Waals surface area (Å²) in [5, 5.41) is 13.6. The summed E-state index contributed by atoms with van der Waals surface area (Å²) in [5.41, 5.74) is 3.20. The molecule has 96 valence electrons. The molecule has 4 heteroatoms. The Bertz CT molecular complexity index is 390. The molecule has 1 unspecified atom stereocenters. The topological polar surface area (TPSA) is 50.4 Å². The molecular formula is C13H23N3O. The summed E-state index contributed by atoms with van der Waals surface area (Å²) in [4.78, 5) is 4.40. The van der Waals surface area contributed by atoms with E-state index in [2.05, 4.69) is 30.9 Å². The van der Waals surface area contributed by atoms with Gasteiger partial charge in [0.15, 0.2) is 0 Å². The monoisotopic (exact) mass is 237 g/mol. The molecule has 0 saturated carbocycles. The lowest BCUT2D eigenvalue weighted by Gasteiger charge is -2.08. The summed E-state index contributed by atoms with van der Waals surface area (Å²) in [6, 6.07) is 0.354. The van der Waals surface area contributed by atoms with Gasteiger partial charge >= 0.3 is 0 Å². The van der Waals surface area contributed by atoms with Gasteiger partial charge in [-0.25, -0.2) is 0 Å². The molecule has 0 fully saturated rings. The Labute approximate surface area is 103 Å². The number of nitrogens with zero attached hydrogens (tertiary/aromatic N) is 3. The lowest BCUT2D eigenvalue weighted by Crippen LogP contribution is -2.09. The van der Waals surface area contributed by atoms with E-state index in [1.165, 1.54) is 0 Å². The van der Waals surface area contributed by atoms with Crippen LogP contribution in [0.2, 0.25) is 0 Å². The molecule has 4 nitrogen and oxygen atoms in total. The summed E-state index contributed by atoms with van der Waals surface area (Å²) in [5.74, 6) is 0. The van der Waals surface area contributed by atoms with Crippen LogP contribution in [-0.4, -0.2) is 33.8 Å². The van der Waals surface area contributed by atoms with E-state index in [0.717, 1.165) is 23.4 Å². The Morgan fingerprint density at radius 3 is 2.47 bits per heavy atom. The maximum absolute atomic E-state index is 9.10. The number of aliphatic hydroxyl groups excluding tert-OH is 1. The fourth-order valence-electron chi connectivity index (χ4n) is 1.83. The largest absolute Gasteiger partial charge is 0.394 e. The van der Waals surface area contributed by atoms with Crippen molar-refractivity contribution in [3.05, 3.63) is 17.0 Å². The second-order valence-corrected chi connectivity index (χ2v) is 4.65. The number of hydrogen-bond donors (Lipinski definition) is 1. The molecule has 0 bridgehead atoms. The van der Waals surface area contributed by atoms with Gasteiger partial charge < -0.3 is 5.11 Å². The molecule has 0 aliphatic heterocycles. The number of aromatic nitrogens is 2. The molecule has 0 radical (unpaired) electrons. The van der Waals surface area contributed by atoms with Crippen LogP contribution in [0, 0.1) is 13.8 Å². The Hall–Kier alpha value is -1.16. The molecule has 1 rings (SSSR count). The number of aliphatic hydroxyl groups is 1. The molecule has 0 aliphatic carbocycles. The fourth-order valence-corrected chi connectivity index (χ4v) is 1.83. The van der Waals surface area contributed by atoms with Gasteiger partial charge in [0.05, 0.1) is 18.3 Å². The molecule has 0 saturated heterocycles. The van der Waals surface area contributed by atoms with Crippen molar-refractivity contribution in [3.63, 3.8) is 0 Å². The molecular weight excluding hydrogens is 214 g/mol. The molecule has 1 atom stereocenters. The van der Waals surface area contributed by atoms with Crippen molar-refractivity contribution in [1.29, 1.82) is 0 Å². The smallest absolute Gasteiger partial charge is 0.0727 e. The first-order valence-corrected chi connectivity index (χ1v) is 6.21. The lowest BCUT2D eigenvalue weighted by atomic mass is 10.2. The summed E-state index contributed by atoms with van der Waals surface area (Å²) in [7, 11) is 0. The van der Waals surface area contributed by atoms with Crippen molar-refractivity contribution in [1.82, 2.24) is 9.78 Å². The third kappa shape index (κ3) is 3.16. The molecule has 0 aromatic carbocycles. The Morgan fingerprint density at radius 2 is 2.06 bits per heavy atom. The zero-order valence-electron chi connectivity index (χ0n) is 11.4. The van der Waals surface area contributed by atoms with Gasteiger partial charge in [-0.15, -0.1) is 0 Å².